The van der Waals surface area contributed by atoms with E-state index in [1.54, 1.807) is 24.3 Å². The highest BCUT2D eigenvalue weighted by Crippen LogP contribution is 2.39. The van der Waals surface area contributed by atoms with Crippen molar-refractivity contribution in [2.24, 2.45) is 0 Å². The average Bonchev–Trinajstić information content (AvgIpc) is 2.72. The van der Waals surface area contributed by atoms with Crippen molar-refractivity contribution < 1.29 is 14.7 Å². The van der Waals surface area contributed by atoms with Gasteiger partial charge >= 0.3 is 5.97 Å². The number of fused-ring (bicyclic) bond motifs is 1. The molecule has 152 valence electrons. The highest BCUT2D eigenvalue weighted by Gasteiger charge is 2.44. The van der Waals surface area contributed by atoms with E-state index in [-0.39, 0.29) is 17.0 Å². The van der Waals surface area contributed by atoms with Crippen molar-refractivity contribution >= 4 is 11.9 Å². The van der Waals surface area contributed by atoms with Crippen LogP contribution in [0.15, 0.2) is 42.5 Å². The Balaban J connectivity index is 1.62. The van der Waals surface area contributed by atoms with E-state index >= 15 is 0 Å². The van der Waals surface area contributed by atoms with Crippen molar-refractivity contribution in [2.45, 2.75) is 44.7 Å². The van der Waals surface area contributed by atoms with Gasteiger partial charge in [0.25, 0.3) is 5.91 Å². The minimum absolute atomic E-state index is 0.0832. The van der Waals surface area contributed by atoms with Crippen molar-refractivity contribution in [1.82, 2.24) is 9.80 Å². The van der Waals surface area contributed by atoms with E-state index in [9.17, 15) is 9.59 Å². The number of aromatic carboxylic acids is 1. The third-order valence-corrected chi connectivity index (χ3v) is 6.80. The van der Waals surface area contributed by atoms with Crippen LogP contribution in [0.2, 0.25) is 0 Å². The molecule has 1 N–H and O–H groups in total. The molecule has 1 amide bonds. The molecule has 1 saturated heterocycles. The van der Waals surface area contributed by atoms with Crippen LogP contribution >= 0.6 is 0 Å². The van der Waals surface area contributed by atoms with Crippen LogP contribution in [0.4, 0.5) is 0 Å². The molecule has 0 radical (unpaired) electrons. The number of piperidine rings is 1. The maximum Gasteiger partial charge on any atom is 0.335 e. The summed E-state index contributed by atoms with van der Waals surface area (Å²) in [5.74, 6) is -0.846. The highest BCUT2D eigenvalue weighted by molar-refractivity contribution is 5.98. The number of rotatable bonds is 3. The number of carboxylic acid groups (broad SMARTS) is 1. The third-order valence-electron chi connectivity index (χ3n) is 6.80. The molecule has 0 aliphatic carbocycles. The number of carboxylic acids is 1. The Labute approximate surface area is 171 Å². The number of likely N-dealkylation sites (tertiary alicyclic amines) is 1. The maximum absolute atomic E-state index is 13.3. The SMILES string of the molecule is CC(C)N1CCC2(CC1)Cc1ccc(-c3ccc(C(=O)O)cc3)cc1C(=O)N2C. The number of hydrogen-bond acceptors (Lipinski definition) is 3. The van der Waals surface area contributed by atoms with Gasteiger partial charge in [0.05, 0.1) is 5.56 Å². The summed E-state index contributed by atoms with van der Waals surface area (Å²) in [6, 6.07) is 13.4. The van der Waals surface area contributed by atoms with Gasteiger partial charge in [-0.05, 0) is 68.0 Å². The summed E-state index contributed by atoms with van der Waals surface area (Å²) in [4.78, 5) is 28.8. The molecule has 2 aliphatic rings. The zero-order chi connectivity index (χ0) is 20.8. The molecule has 29 heavy (non-hydrogen) atoms. The molecule has 0 atom stereocenters. The molecule has 5 nitrogen and oxygen atoms in total. The number of likely N-dealkylation sites (N-methyl/N-ethyl adjacent to an activating group) is 1. The number of amides is 1. The van der Waals surface area contributed by atoms with Crippen LogP contribution in [0.3, 0.4) is 0 Å². The molecule has 1 fully saturated rings. The summed E-state index contributed by atoms with van der Waals surface area (Å²) in [6.45, 7) is 6.51. The first kappa shape index (κ1) is 19.6. The predicted octanol–water partition coefficient (Wildman–Crippen LogP) is 3.92. The lowest BCUT2D eigenvalue weighted by atomic mass is 9.75. The summed E-state index contributed by atoms with van der Waals surface area (Å²) in [6.07, 6.45) is 2.91. The van der Waals surface area contributed by atoms with Gasteiger partial charge in [-0.3, -0.25) is 4.79 Å². The molecular weight excluding hydrogens is 364 g/mol. The minimum atomic E-state index is -0.937. The van der Waals surface area contributed by atoms with E-state index in [1.807, 2.05) is 24.1 Å². The van der Waals surface area contributed by atoms with Crippen molar-refractivity contribution in [3.8, 4) is 11.1 Å². The van der Waals surface area contributed by atoms with Crippen LogP contribution in [0.5, 0.6) is 0 Å². The minimum Gasteiger partial charge on any atom is -0.478 e. The van der Waals surface area contributed by atoms with Gasteiger partial charge in [-0.2, -0.15) is 0 Å². The summed E-state index contributed by atoms with van der Waals surface area (Å²) < 4.78 is 0. The third kappa shape index (κ3) is 3.44. The lowest BCUT2D eigenvalue weighted by Gasteiger charge is -2.51. The second-order valence-corrected chi connectivity index (χ2v) is 8.65. The molecular formula is C24H28N2O3. The molecule has 0 unspecified atom stereocenters. The van der Waals surface area contributed by atoms with Gasteiger partial charge in [-0.1, -0.05) is 24.3 Å². The fourth-order valence-corrected chi connectivity index (χ4v) is 4.75. The van der Waals surface area contributed by atoms with Gasteiger partial charge in [-0.15, -0.1) is 0 Å². The Morgan fingerprint density at radius 1 is 1.03 bits per heavy atom. The number of nitrogens with zero attached hydrogens (tertiary/aromatic N) is 2. The normalized spacial score (nSPS) is 18.9. The number of hydrogen-bond donors (Lipinski definition) is 1. The van der Waals surface area contributed by atoms with Crippen LogP contribution in [0.25, 0.3) is 11.1 Å². The van der Waals surface area contributed by atoms with Crippen molar-refractivity contribution in [1.29, 1.82) is 0 Å². The summed E-state index contributed by atoms with van der Waals surface area (Å²) >= 11 is 0. The number of carbonyl (C=O) groups excluding carboxylic acids is 1. The first-order chi connectivity index (χ1) is 13.8. The maximum atomic E-state index is 13.3. The molecule has 0 aromatic heterocycles. The van der Waals surface area contributed by atoms with Crippen LogP contribution in [0.1, 0.15) is 53.0 Å². The summed E-state index contributed by atoms with van der Waals surface area (Å²) in [7, 11) is 1.95. The van der Waals surface area contributed by atoms with Gasteiger partial charge in [0.15, 0.2) is 0 Å². The van der Waals surface area contributed by atoms with Gasteiger partial charge in [-0.25, -0.2) is 4.79 Å². The number of benzene rings is 2. The second-order valence-electron chi connectivity index (χ2n) is 8.65. The predicted molar refractivity (Wildman–Crippen MR) is 113 cm³/mol. The Bertz CT molecular complexity index is 941. The Morgan fingerprint density at radius 2 is 1.66 bits per heavy atom. The van der Waals surface area contributed by atoms with Crippen LogP contribution in [-0.2, 0) is 6.42 Å². The molecule has 0 bridgehead atoms. The average molecular weight is 392 g/mol. The molecule has 2 heterocycles. The largest absolute Gasteiger partial charge is 0.478 e. The first-order valence-corrected chi connectivity index (χ1v) is 10.3. The van der Waals surface area contributed by atoms with E-state index in [0.717, 1.165) is 54.6 Å². The lowest BCUT2D eigenvalue weighted by molar-refractivity contribution is 0.0191. The lowest BCUT2D eigenvalue weighted by Crippen LogP contribution is -2.60. The molecule has 0 saturated carbocycles. The smallest absolute Gasteiger partial charge is 0.335 e. The first-order valence-electron chi connectivity index (χ1n) is 10.3. The van der Waals surface area contributed by atoms with E-state index in [1.165, 1.54) is 0 Å². The molecule has 4 rings (SSSR count). The molecule has 5 heteroatoms. The number of carbonyl (C=O) groups is 2. The van der Waals surface area contributed by atoms with Crippen LogP contribution < -0.4 is 0 Å². The quantitative estimate of drug-likeness (QED) is 0.860. The van der Waals surface area contributed by atoms with E-state index in [4.69, 9.17) is 5.11 Å². The fraction of sp³-hybridized carbons (Fsp3) is 0.417. The van der Waals surface area contributed by atoms with Crippen LogP contribution in [-0.4, -0.2) is 58.5 Å². The zero-order valence-corrected chi connectivity index (χ0v) is 17.3. The van der Waals surface area contributed by atoms with Gasteiger partial charge in [0.1, 0.15) is 0 Å². The molecule has 1 spiro atoms. The van der Waals surface area contributed by atoms with E-state index < -0.39 is 5.97 Å². The van der Waals surface area contributed by atoms with Crippen molar-refractivity contribution in [2.75, 3.05) is 20.1 Å². The topological polar surface area (TPSA) is 60.9 Å². The monoisotopic (exact) mass is 392 g/mol. The Hall–Kier alpha value is -2.66. The summed E-state index contributed by atoms with van der Waals surface area (Å²) in [5.41, 5.74) is 3.92. The van der Waals surface area contributed by atoms with Crippen molar-refractivity contribution in [3.63, 3.8) is 0 Å². The molecule has 2 aliphatic heterocycles. The fourth-order valence-electron chi connectivity index (χ4n) is 4.75. The van der Waals surface area contributed by atoms with E-state index in [0.29, 0.717) is 6.04 Å². The van der Waals surface area contributed by atoms with Crippen molar-refractivity contribution in [3.05, 3.63) is 59.2 Å². The zero-order valence-electron chi connectivity index (χ0n) is 17.3. The van der Waals surface area contributed by atoms with Gasteiger partial charge in [0.2, 0.25) is 0 Å². The standard InChI is InChI=1S/C24H28N2O3/c1-16(2)26-12-10-24(11-13-26)15-20-9-8-19(14-21(20)22(27)25(24)3)17-4-6-18(7-5-17)23(28)29/h4-9,14,16H,10-13,15H2,1-3H3,(H,28,29). The second kappa shape index (κ2) is 7.30. The summed E-state index contributed by atoms with van der Waals surface area (Å²) in [5, 5.41) is 9.08. The highest BCUT2D eigenvalue weighted by atomic mass is 16.4. The molecule has 2 aromatic carbocycles. The van der Waals surface area contributed by atoms with E-state index in [2.05, 4.69) is 24.8 Å². The van der Waals surface area contributed by atoms with Gasteiger partial charge < -0.3 is 14.9 Å². The molecule has 2 aromatic rings. The Kier molecular flexibility index (Phi) is 4.95. The Morgan fingerprint density at radius 3 is 2.24 bits per heavy atom. The van der Waals surface area contributed by atoms with Crippen LogP contribution in [0, 0.1) is 0 Å². The van der Waals surface area contributed by atoms with Gasteiger partial charge in [0, 0.05) is 37.3 Å².